The van der Waals surface area contributed by atoms with E-state index in [0.29, 0.717) is 0 Å². The number of sulfonamides is 1. The van der Waals surface area contributed by atoms with Crippen LogP contribution in [-0.4, -0.2) is 8.42 Å². The fourth-order valence-electron chi connectivity index (χ4n) is 2.11. The molecule has 0 fully saturated rings. The van der Waals surface area contributed by atoms with Crippen LogP contribution in [0, 0.1) is 5.82 Å². The molecule has 1 N–H and O–H groups in total. The number of hydrogen-bond donors (Lipinski definition) is 1. The first-order valence-corrected chi connectivity index (χ1v) is 8.28. The van der Waals surface area contributed by atoms with Crippen LogP contribution in [0.25, 0.3) is 10.8 Å². The Morgan fingerprint density at radius 3 is 2.36 bits per heavy atom. The highest BCUT2D eigenvalue weighted by Gasteiger charge is 2.16. The third kappa shape index (κ3) is 2.91. The molecule has 6 heteroatoms. The average molecular weight is 336 g/mol. The molecule has 0 saturated carbocycles. The van der Waals surface area contributed by atoms with E-state index in [1.807, 2.05) is 24.3 Å². The summed E-state index contributed by atoms with van der Waals surface area (Å²) in [5.74, 6) is -0.725. The quantitative estimate of drug-likeness (QED) is 0.769. The van der Waals surface area contributed by atoms with Gasteiger partial charge < -0.3 is 0 Å². The van der Waals surface area contributed by atoms with Crippen molar-refractivity contribution in [2.75, 3.05) is 4.72 Å². The molecule has 112 valence electrons. The molecular weight excluding hydrogens is 325 g/mol. The summed E-state index contributed by atoms with van der Waals surface area (Å²) >= 11 is 5.65. The number of halogens is 2. The van der Waals surface area contributed by atoms with Gasteiger partial charge in [-0.3, -0.25) is 4.72 Å². The summed E-state index contributed by atoms with van der Waals surface area (Å²) in [6, 6.07) is 15.9. The smallest absolute Gasteiger partial charge is 0.262 e. The molecule has 0 amide bonds. The van der Waals surface area contributed by atoms with Crippen LogP contribution >= 0.6 is 11.6 Å². The average Bonchev–Trinajstić information content (AvgIpc) is 2.49. The second-order valence-corrected chi connectivity index (χ2v) is 6.86. The van der Waals surface area contributed by atoms with Gasteiger partial charge in [-0.15, -0.1) is 0 Å². The summed E-state index contributed by atoms with van der Waals surface area (Å²) in [6.45, 7) is 0. The van der Waals surface area contributed by atoms with E-state index in [1.54, 1.807) is 12.1 Å². The second-order valence-electron chi connectivity index (χ2n) is 4.74. The van der Waals surface area contributed by atoms with Crippen molar-refractivity contribution in [2.45, 2.75) is 4.90 Å². The van der Waals surface area contributed by atoms with Gasteiger partial charge in [0.2, 0.25) is 0 Å². The lowest BCUT2D eigenvalue weighted by atomic mass is 10.1. The predicted octanol–water partition coefficient (Wildman–Crippen LogP) is 4.43. The Morgan fingerprint density at radius 2 is 1.64 bits per heavy atom. The van der Waals surface area contributed by atoms with E-state index in [-0.39, 0.29) is 15.6 Å². The summed E-state index contributed by atoms with van der Waals surface area (Å²) in [5, 5.41) is 1.92. The molecule has 0 bridgehead atoms. The van der Waals surface area contributed by atoms with Crippen LogP contribution in [0.1, 0.15) is 0 Å². The first-order valence-electron chi connectivity index (χ1n) is 6.42. The maximum atomic E-state index is 13.7. The van der Waals surface area contributed by atoms with E-state index in [9.17, 15) is 12.8 Å². The third-order valence-corrected chi connectivity index (χ3v) is 4.80. The summed E-state index contributed by atoms with van der Waals surface area (Å²) in [6.07, 6.45) is 0. The Labute approximate surface area is 132 Å². The van der Waals surface area contributed by atoms with Crippen molar-refractivity contribution >= 4 is 38.1 Å². The second kappa shape index (κ2) is 5.59. The zero-order valence-corrected chi connectivity index (χ0v) is 12.8. The molecule has 0 spiro atoms. The normalized spacial score (nSPS) is 11.5. The Hall–Kier alpha value is -2.11. The van der Waals surface area contributed by atoms with Crippen molar-refractivity contribution in [2.24, 2.45) is 0 Å². The molecule has 3 rings (SSSR count). The molecule has 0 aromatic heterocycles. The van der Waals surface area contributed by atoms with Gasteiger partial charge in [0.25, 0.3) is 10.0 Å². The molecule has 0 radical (unpaired) electrons. The van der Waals surface area contributed by atoms with E-state index in [2.05, 4.69) is 4.72 Å². The van der Waals surface area contributed by atoms with E-state index >= 15 is 0 Å². The summed E-state index contributed by atoms with van der Waals surface area (Å²) in [7, 11) is -3.87. The van der Waals surface area contributed by atoms with Gasteiger partial charge in [-0.2, -0.15) is 0 Å². The summed E-state index contributed by atoms with van der Waals surface area (Å²) in [4.78, 5) is 0.0700. The van der Waals surface area contributed by atoms with Crippen LogP contribution in [0.5, 0.6) is 0 Å². The van der Waals surface area contributed by atoms with Crippen LogP contribution in [-0.2, 0) is 10.0 Å². The minimum atomic E-state index is -3.87. The van der Waals surface area contributed by atoms with Crippen LogP contribution in [0.15, 0.2) is 65.6 Å². The van der Waals surface area contributed by atoms with Crippen molar-refractivity contribution in [3.05, 3.63) is 71.5 Å². The minimum Gasteiger partial charge on any atom is -0.277 e. The number of anilines is 1. The molecule has 0 saturated heterocycles. The van der Waals surface area contributed by atoms with Gasteiger partial charge in [-0.25, -0.2) is 12.8 Å². The van der Waals surface area contributed by atoms with Crippen molar-refractivity contribution in [3.8, 4) is 0 Å². The molecule has 22 heavy (non-hydrogen) atoms. The molecule has 3 aromatic rings. The van der Waals surface area contributed by atoms with Gasteiger partial charge in [0.05, 0.1) is 10.6 Å². The highest BCUT2D eigenvalue weighted by molar-refractivity contribution is 7.92. The fourth-order valence-corrected chi connectivity index (χ4v) is 3.37. The van der Waals surface area contributed by atoms with Gasteiger partial charge in [0.15, 0.2) is 0 Å². The topological polar surface area (TPSA) is 46.2 Å². The zero-order valence-electron chi connectivity index (χ0n) is 11.3. The number of rotatable bonds is 3. The lowest BCUT2D eigenvalue weighted by molar-refractivity contribution is 0.598. The lowest BCUT2D eigenvalue weighted by Crippen LogP contribution is -2.13. The number of nitrogens with one attached hydrogen (secondary N) is 1. The molecule has 0 aliphatic heterocycles. The zero-order chi connectivity index (χ0) is 15.7. The van der Waals surface area contributed by atoms with Gasteiger partial charge in [0.1, 0.15) is 5.82 Å². The Morgan fingerprint density at radius 1 is 0.909 bits per heavy atom. The van der Waals surface area contributed by atoms with Crippen molar-refractivity contribution in [3.63, 3.8) is 0 Å². The molecule has 0 unspecified atom stereocenters. The molecule has 0 aliphatic rings. The summed E-state index contributed by atoms with van der Waals surface area (Å²) in [5.41, 5.74) is -0.141. The van der Waals surface area contributed by atoms with Crippen LogP contribution in [0.3, 0.4) is 0 Å². The Balaban J connectivity index is 2.00. The minimum absolute atomic E-state index is 0.0700. The lowest BCUT2D eigenvalue weighted by Gasteiger charge is -2.10. The largest absolute Gasteiger partial charge is 0.277 e. The van der Waals surface area contributed by atoms with Gasteiger partial charge in [-0.1, -0.05) is 41.9 Å². The van der Waals surface area contributed by atoms with Crippen LogP contribution in [0.2, 0.25) is 5.02 Å². The molecule has 0 aliphatic carbocycles. The Kier molecular flexibility index (Phi) is 3.76. The number of hydrogen-bond acceptors (Lipinski definition) is 2. The number of fused-ring (bicyclic) bond motifs is 1. The van der Waals surface area contributed by atoms with Gasteiger partial charge >= 0.3 is 0 Å². The van der Waals surface area contributed by atoms with Crippen molar-refractivity contribution < 1.29 is 12.8 Å². The van der Waals surface area contributed by atoms with Crippen LogP contribution in [0.4, 0.5) is 10.1 Å². The van der Waals surface area contributed by atoms with E-state index < -0.39 is 15.8 Å². The SMILES string of the molecule is O=S(=O)(Nc1ccc(Cl)cc1F)c1ccc2ccccc2c1. The van der Waals surface area contributed by atoms with Crippen molar-refractivity contribution in [1.82, 2.24) is 0 Å². The fraction of sp³-hybridized carbons (Fsp3) is 0. The summed E-state index contributed by atoms with van der Waals surface area (Å²) < 4.78 is 40.7. The first kappa shape index (κ1) is 14.8. The third-order valence-electron chi connectivity index (χ3n) is 3.21. The predicted molar refractivity (Wildman–Crippen MR) is 86.2 cm³/mol. The van der Waals surface area contributed by atoms with Crippen molar-refractivity contribution in [1.29, 1.82) is 0 Å². The number of benzene rings is 3. The van der Waals surface area contributed by atoms with E-state index in [0.717, 1.165) is 16.8 Å². The first-order chi connectivity index (χ1) is 10.5. The standard InChI is InChI=1S/C16H11ClFNO2S/c17-13-6-8-16(15(18)10-13)19-22(20,21)14-7-5-11-3-1-2-4-12(11)9-14/h1-10,19H. The molecule has 3 nitrogen and oxygen atoms in total. The van der Waals surface area contributed by atoms with E-state index in [1.165, 1.54) is 18.2 Å². The maximum Gasteiger partial charge on any atom is 0.262 e. The molecule has 0 atom stereocenters. The molecule has 0 heterocycles. The van der Waals surface area contributed by atoms with E-state index in [4.69, 9.17) is 11.6 Å². The molecule has 3 aromatic carbocycles. The highest BCUT2D eigenvalue weighted by Crippen LogP contribution is 2.24. The monoisotopic (exact) mass is 335 g/mol. The van der Waals surface area contributed by atoms with Gasteiger partial charge in [0, 0.05) is 5.02 Å². The maximum absolute atomic E-state index is 13.7. The molecular formula is C16H11ClFNO2S. The Bertz CT molecular complexity index is 957. The van der Waals surface area contributed by atoms with Crippen LogP contribution < -0.4 is 4.72 Å². The highest BCUT2D eigenvalue weighted by atomic mass is 35.5. The van der Waals surface area contributed by atoms with Gasteiger partial charge in [-0.05, 0) is 41.1 Å².